The number of hydrogen-bond donors (Lipinski definition) is 0. The molecule has 0 saturated heterocycles. The largest absolute Gasteiger partial charge is 0.254 e. The second kappa shape index (κ2) is 5.96. The van der Waals surface area contributed by atoms with Crippen molar-refractivity contribution in [2.24, 2.45) is 4.99 Å². The average Bonchev–Trinajstić information content (AvgIpc) is 3.06. The first kappa shape index (κ1) is 14.7. The Balaban J connectivity index is 1.95. The summed E-state index contributed by atoms with van der Waals surface area (Å²) >= 11 is 1.70. The molecular weight excluding hydrogens is 304 g/mol. The first-order chi connectivity index (χ1) is 11.2. The molecule has 0 aliphatic heterocycles. The van der Waals surface area contributed by atoms with Gasteiger partial charge in [-0.15, -0.1) is 0 Å². The van der Waals surface area contributed by atoms with Crippen LogP contribution in [0.5, 0.6) is 0 Å². The number of fused-ring (bicyclic) bond motifs is 1. The summed E-state index contributed by atoms with van der Waals surface area (Å²) in [6, 6.07) is 11.0. The Morgan fingerprint density at radius 3 is 2.57 bits per heavy atom. The van der Waals surface area contributed by atoms with E-state index in [0.717, 1.165) is 21.1 Å². The lowest BCUT2D eigenvalue weighted by molar-refractivity contribution is 0.435. The summed E-state index contributed by atoms with van der Waals surface area (Å²) in [7, 11) is 0. The molecule has 2 heterocycles. The summed E-state index contributed by atoms with van der Waals surface area (Å²) in [6.45, 7) is 4.20. The number of imidazole rings is 1. The number of hydrogen-bond acceptors (Lipinski definition) is 3. The predicted octanol–water partition coefficient (Wildman–Crippen LogP) is 4.04. The van der Waals surface area contributed by atoms with Crippen molar-refractivity contribution in [3.8, 4) is 5.69 Å². The number of aryl methyl sites for hydroxylation is 2. The number of benzene rings is 1. The van der Waals surface area contributed by atoms with E-state index in [1.165, 1.54) is 37.8 Å². The van der Waals surface area contributed by atoms with Crippen molar-refractivity contribution in [3.63, 3.8) is 0 Å². The first-order valence-electron chi connectivity index (χ1n) is 8.41. The molecule has 5 heteroatoms. The Hall–Kier alpha value is -1.88. The molecule has 0 amide bonds. The fourth-order valence-electron chi connectivity index (χ4n) is 3.32. The number of para-hydroxylation sites is 1. The highest BCUT2D eigenvalue weighted by Gasteiger charge is 2.16. The molecule has 4 rings (SSSR count). The van der Waals surface area contributed by atoms with E-state index in [2.05, 4.69) is 53.4 Å². The molecule has 1 aromatic carbocycles. The number of rotatable bonds is 2. The highest BCUT2D eigenvalue weighted by Crippen LogP contribution is 2.21. The van der Waals surface area contributed by atoms with Gasteiger partial charge in [0.2, 0.25) is 9.76 Å². The molecule has 23 heavy (non-hydrogen) atoms. The summed E-state index contributed by atoms with van der Waals surface area (Å²) in [5.41, 5.74) is 3.42. The quantitative estimate of drug-likeness (QED) is 0.700. The van der Waals surface area contributed by atoms with Crippen LogP contribution in [-0.2, 0) is 0 Å². The Morgan fingerprint density at radius 2 is 1.83 bits per heavy atom. The molecule has 0 N–H and O–H groups in total. The van der Waals surface area contributed by atoms with E-state index in [9.17, 15) is 0 Å². The van der Waals surface area contributed by atoms with Crippen molar-refractivity contribution < 1.29 is 0 Å². The van der Waals surface area contributed by atoms with E-state index in [1.54, 1.807) is 11.3 Å². The monoisotopic (exact) mass is 326 g/mol. The lowest BCUT2D eigenvalue weighted by atomic mass is 9.96. The van der Waals surface area contributed by atoms with Gasteiger partial charge in [-0.3, -0.25) is 4.99 Å². The van der Waals surface area contributed by atoms with Gasteiger partial charge in [0.15, 0.2) is 0 Å². The molecule has 1 aliphatic carbocycles. The second-order valence-electron chi connectivity index (χ2n) is 6.33. The summed E-state index contributed by atoms with van der Waals surface area (Å²) in [6.07, 6.45) is 6.40. The van der Waals surface area contributed by atoms with E-state index in [1.807, 2.05) is 0 Å². The van der Waals surface area contributed by atoms with Crippen LogP contribution in [0.4, 0.5) is 0 Å². The van der Waals surface area contributed by atoms with Gasteiger partial charge in [0.05, 0.1) is 23.1 Å². The molecule has 2 aromatic heterocycles. The lowest BCUT2D eigenvalue weighted by Gasteiger charge is -2.17. The van der Waals surface area contributed by atoms with E-state index < -0.39 is 0 Å². The van der Waals surface area contributed by atoms with Crippen LogP contribution in [0.25, 0.3) is 10.6 Å². The van der Waals surface area contributed by atoms with Gasteiger partial charge in [0.1, 0.15) is 0 Å². The maximum atomic E-state index is 5.10. The third-order valence-electron chi connectivity index (χ3n) is 4.72. The van der Waals surface area contributed by atoms with Crippen molar-refractivity contribution in [2.45, 2.75) is 52.0 Å². The fraction of sp³-hybridized carbons (Fsp3) is 0.444. The fourth-order valence-corrected chi connectivity index (χ4v) is 4.45. The molecule has 1 fully saturated rings. The standard InChI is InChI=1S/C18H22N4S/c1-13-14(2)21-17(19-13)23-18(20-15-9-5-3-6-10-15)22(21)16-11-7-4-8-12-16/h4,7-8,11-12,15H,3,5-6,9-10H2,1-2H3. The Morgan fingerprint density at radius 1 is 1.09 bits per heavy atom. The molecule has 1 aliphatic rings. The van der Waals surface area contributed by atoms with E-state index in [4.69, 9.17) is 9.98 Å². The summed E-state index contributed by atoms with van der Waals surface area (Å²) < 4.78 is 4.43. The zero-order valence-corrected chi connectivity index (χ0v) is 14.5. The SMILES string of the molecule is Cc1nc2sc(=NC3CCCCC3)n(-c3ccccc3)n2c1C. The normalized spacial score (nSPS) is 17.2. The zero-order chi connectivity index (χ0) is 15.8. The van der Waals surface area contributed by atoms with Crippen LogP contribution in [0.1, 0.15) is 43.5 Å². The first-order valence-corrected chi connectivity index (χ1v) is 9.23. The Kier molecular flexibility index (Phi) is 3.81. The highest BCUT2D eigenvalue weighted by molar-refractivity contribution is 7.14. The van der Waals surface area contributed by atoms with Crippen LogP contribution in [0, 0.1) is 13.8 Å². The average molecular weight is 326 g/mol. The number of aromatic nitrogens is 3. The smallest absolute Gasteiger partial charge is 0.213 e. The molecule has 1 saturated carbocycles. The maximum absolute atomic E-state index is 5.10. The molecular formula is C18H22N4S. The summed E-state index contributed by atoms with van der Waals surface area (Å²) in [5, 5.41) is 0. The Bertz CT molecular complexity index is 879. The van der Waals surface area contributed by atoms with Gasteiger partial charge in [-0.1, -0.05) is 48.8 Å². The third kappa shape index (κ3) is 2.63. The van der Waals surface area contributed by atoms with E-state index in [0.29, 0.717) is 6.04 Å². The van der Waals surface area contributed by atoms with Crippen LogP contribution in [0.2, 0.25) is 0 Å². The highest BCUT2D eigenvalue weighted by atomic mass is 32.1. The molecule has 0 unspecified atom stereocenters. The van der Waals surface area contributed by atoms with Crippen LogP contribution < -0.4 is 4.80 Å². The van der Waals surface area contributed by atoms with Crippen molar-refractivity contribution >= 4 is 16.3 Å². The molecule has 120 valence electrons. The zero-order valence-electron chi connectivity index (χ0n) is 13.7. The summed E-state index contributed by atoms with van der Waals surface area (Å²) in [4.78, 5) is 11.9. The van der Waals surface area contributed by atoms with Crippen LogP contribution >= 0.6 is 11.3 Å². The Labute approximate surface area is 140 Å². The van der Waals surface area contributed by atoms with Gasteiger partial charge in [-0.2, -0.15) is 0 Å². The van der Waals surface area contributed by atoms with Crippen molar-refractivity contribution in [2.75, 3.05) is 0 Å². The molecule has 4 nitrogen and oxygen atoms in total. The minimum atomic E-state index is 0.462. The van der Waals surface area contributed by atoms with Crippen molar-refractivity contribution in [1.82, 2.24) is 14.2 Å². The van der Waals surface area contributed by atoms with Gasteiger partial charge in [0, 0.05) is 0 Å². The molecule has 0 atom stereocenters. The predicted molar refractivity (Wildman–Crippen MR) is 94.3 cm³/mol. The lowest BCUT2D eigenvalue weighted by Crippen LogP contribution is -2.22. The second-order valence-corrected chi connectivity index (χ2v) is 7.26. The molecule has 0 radical (unpaired) electrons. The number of nitrogens with zero attached hydrogens (tertiary/aromatic N) is 4. The van der Waals surface area contributed by atoms with Gasteiger partial charge in [-0.05, 0) is 38.8 Å². The topological polar surface area (TPSA) is 34.6 Å². The van der Waals surface area contributed by atoms with E-state index in [-0.39, 0.29) is 0 Å². The summed E-state index contributed by atoms with van der Waals surface area (Å²) in [5.74, 6) is 0. The third-order valence-corrected chi connectivity index (χ3v) is 5.63. The van der Waals surface area contributed by atoms with Gasteiger partial charge in [-0.25, -0.2) is 14.2 Å². The van der Waals surface area contributed by atoms with Gasteiger partial charge < -0.3 is 0 Å². The minimum absolute atomic E-state index is 0.462. The van der Waals surface area contributed by atoms with Crippen molar-refractivity contribution in [1.29, 1.82) is 0 Å². The van der Waals surface area contributed by atoms with Crippen LogP contribution in [0.3, 0.4) is 0 Å². The van der Waals surface area contributed by atoms with Crippen LogP contribution in [0.15, 0.2) is 35.3 Å². The molecule has 3 aromatic rings. The van der Waals surface area contributed by atoms with Gasteiger partial charge in [0.25, 0.3) is 0 Å². The van der Waals surface area contributed by atoms with Crippen molar-refractivity contribution in [3.05, 3.63) is 46.5 Å². The molecule has 0 spiro atoms. The van der Waals surface area contributed by atoms with Crippen LogP contribution in [-0.4, -0.2) is 20.2 Å². The van der Waals surface area contributed by atoms with E-state index >= 15 is 0 Å². The molecule has 0 bridgehead atoms. The maximum Gasteiger partial charge on any atom is 0.213 e. The van der Waals surface area contributed by atoms with Gasteiger partial charge >= 0.3 is 0 Å². The minimum Gasteiger partial charge on any atom is -0.254 e.